The zero-order valence-corrected chi connectivity index (χ0v) is 14.9. The highest BCUT2D eigenvalue weighted by molar-refractivity contribution is 7.14. The maximum absolute atomic E-state index is 11.9. The third-order valence-corrected chi connectivity index (χ3v) is 4.23. The third-order valence-electron chi connectivity index (χ3n) is 3.19. The largest absolute Gasteiger partial charge is 0.467 e. The smallest absolute Gasteiger partial charge is 0.321 e. The summed E-state index contributed by atoms with van der Waals surface area (Å²) in [5.74, 6) is -1.07. The fourth-order valence-corrected chi connectivity index (χ4v) is 2.76. The minimum atomic E-state index is -0.768. The average Bonchev–Trinajstić information content (AvgIpc) is 3.27. The summed E-state index contributed by atoms with van der Waals surface area (Å²) in [5, 5.41) is 4.43. The van der Waals surface area contributed by atoms with Crippen molar-refractivity contribution in [3.8, 4) is 0 Å². The molecule has 0 saturated heterocycles. The lowest BCUT2D eigenvalue weighted by molar-refractivity contribution is -0.148. The van der Waals surface area contributed by atoms with Gasteiger partial charge >= 0.3 is 12.0 Å². The first-order chi connectivity index (χ1) is 12.4. The van der Waals surface area contributed by atoms with Gasteiger partial charge in [0.25, 0.3) is 5.91 Å². The van der Waals surface area contributed by atoms with E-state index in [4.69, 9.17) is 9.15 Å². The maximum Gasteiger partial charge on any atom is 0.321 e. The van der Waals surface area contributed by atoms with Crippen molar-refractivity contribution in [2.24, 2.45) is 0 Å². The Labute approximate surface area is 153 Å². The number of urea groups is 1. The average molecular weight is 378 g/mol. The summed E-state index contributed by atoms with van der Waals surface area (Å²) in [6.45, 7) is 1.41. The standard InChI is InChI=1S/C17H18N2O6S/c1-11-4-6-14(26-11)13(20)5-7-16(22)25-10-15(21)19-17(23)18-9-12-3-2-8-24-12/h2-4,6,8H,5,7,9-10H2,1H3,(H2,18,19,21,23). The Morgan fingerprint density at radius 2 is 1.96 bits per heavy atom. The van der Waals surface area contributed by atoms with Crippen LogP contribution in [0, 0.1) is 6.92 Å². The Balaban J connectivity index is 1.61. The van der Waals surface area contributed by atoms with Crippen LogP contribution in [0.2, 0.25) is 0 Å². The Hall–Kier alpha value is -2.94. The number of rotatable bonds is 8. The summed E-state index contributed by atoms with van der Waals surface area (Å²) < 4.78 is 9.77. The lowest BCUT2D eigenvalue weighted by Gasteiger charge is -2.06. The van der Waals surface area contributed by atoms with E-state index in [1.807, 2.05) is 18.3 Å². The first-order valence-corrected chi connectivity index (χ1v) is 8.61. The molecule has 0 saturated carbocycles. The van der Waals surface area contributed by atoms with Gasteiger partial charge < -0.3 is 14.5 Å². The molecule has 9 heteroatoms. The number of carbonyl (C=O) groups excluding carboxylic acids is 4. The molecule has 2 rings (SSSR count). The van der Waals surface area contributed by atoms with Gasteiger partial charge in [-0.15, -0.1) is 11.3 Å². The molecule has 2 heterocycles. The summed E-state index contributed by atoms with van der Waals surface area (Å²) in [5.41, 5.74) is 0. The molecule has 0 atom stereocenters. The fourth-order valence-electron chi connectivity index (χ4n) is 1.93. The van der Waals surface area contributed by atoms with E-state index in [0.29, 0.717) is 10.6 Å². The number of hydrogen-bond donors (Lipinski definition) is 2. The second-order valence-corrected chi connectivity index (χ2v) is 6.59. The molecule has 138 valence electrons. The number of hydrogen-bond acceptors (Lipinski definition) is 7. The van der Waals surface area contributed by atoms with Gasteiger partial charge in [-0.25, -0.2) is 4.79 Å². The SMILES string of the molecule is Cc1ccc(C(=O)CCC(=O)OCC(=O)NC(=O)NCc2ccco2)s1. The molecule has 0 bridgehead atoms. The van der Waals surface area contributed by atoms with E-state index in [1.54, 1.807) is 18.2 Å². The van der Waals surface area contributed by atoms with Crippen molar-refractivity contribution in [3.63, 3.8) is 0 Å². The van der Waals surface area contributed by atoms with E-state index in [2.05, 4.69) is 5.32 Å². The van der Waals surface area contributed by atoms with E-state index < -0.39 is 24.5 Å². The number of ether oxygens (including phenoxy) is 1. The Morgan fingerprint density at radius 3 is 2.62 bits per heavy atom. The Bertz CT molecular complexity index is 781. The molecule has 0 radical (unpaired) electrons. The predicted octanol–water partition coefficient (Wildman–Crippen LogP) is 2.18. The van der Waals surface area contributed by atoms with E-state index >= 15 is 0 Å². The normalized spacial score (nSPS) is 10.2. The highest BCUT2D eigenvalue weighted by Gasteiger charge is 2.14. The van der Waals surface area contributed by atoms with Crippen molar-refractivity contribution >= 4 is 35.0 Å². The Morgan fingerprint density at radius 1 is 1.15 bits per heavy atom. The number of esters is 1. The summed E-state index contributed by atoms with van der Waals surface area (Å²) in [7, 11) is 0. The van der Waals surface area contributed by atoms with Crippen LogP contribution in [0.5, 0.6) is 0 Å². The number of nitrogens with one attached hydrogen (secondary N) is 2. The molecule has 0 aliphatic heterocycles. The molecule has 8 nitrogen and oxygen atoms in total. The van der Waals surface area contributed by atoms with Gasteiger partial charge in [0.1, 0.15) is 5.76 Å². The lowest BCUT2D eigenvalue weighted by Crippen LogP contribution is -2.41. The quantitative estimate of drug-likeness (QED) is 0.537. The Kier molecular flexibility index (Phi) is 7.10. The topological polar surface area (TPSA) is 115 Å². The maximum atomic E-state index is 11.9. The minimum Gasteiger partial charge on any atom is -0.467 e. The van der Waals surface area contributed by atoms with Crippen LogP contribution in [-0.4, -0.2) is 30.3 Å². The van der Waals surface area contributed by atoms with E-state index in [0.717, 1.165) is 4.88 Å². The van der Waals surface area contributed by atoms with Crippen molar-refractivity contribution in [1.29, 1.82) is 0 Å². The predicted molar refractivity (Wildman–Crippen MR) is 92.7 cm³/mol. The van der Waals surface area contributed by atoms with Gasteiger partial charge in [0.05, 0.1) is 24.1 Å². The van der Waals surface area contributed by atoms with Gasteiger partial charge in [-0.2, -0.15) is 0 Å². The molecule has 2 aromatic rings. The molecule has 26 heavy (non-hydrogen) atoms. The number of aryl methyl sites for hydroxylation is 1. The monoisotopic (exact) mass is 378 g/mol. The van der Waals surface area contributed by atoms with Crippen molar-refractivity contribution in [3.05, 3.63) is 46.0 Å². The molecule has 2 aromatic heterocycles. The van der Waals surface area contributed by atoms with Crippen molar-refractivity contribution < 1.29 is 28.3 Å². The first kappa shape index (κ1) is 19.4. The molecular weight excluding hydrogens is 360 g/mol. The molecule has 0 fully saturated rings. The van der Waals surface area contributed by atoms with E-state index in [9.17, 15) is 19.2 Å². The number of Topliss-reactive ketones (excluding diaryl/α,β-unsaturated/α-hetero) is 1. The number of furan rings is 1. The van der Waals surface area contributed by atoms with Gasteiger partial charge in [0.15, 0.2) is 12.4 Å². The number of carbonyl (C=O) groups is 4. The van der Waals surface area contributed by atoms with Gasteiger partial charge in [-0.05, 0) is 31.2 Å². The molecule has 0 spiro atoms. The second-order valence-electron chi connectivity index (χ2n) is 5.30. The zero-order chi connectivity index (χ0) is 18.9. The van der Waals surface area contributed by atoms with Crippen LogP contribution in [0.15, 0.2) is 34.9 Å². The summed E-state index contributed by atoms with van der Waals surface area (Å²) in [4.78, 5) is 48.1. The molecule has 3 amide bonds. The van der Waals surface area contributed by atoms with Crippen molar-refractivity contribution in [2.45, 2.75) is 26.3 Å². The van der Waals surface area contributed by atoms with Crippen LogP contribution in [0.1, 0.15) is 33.2 Å². The first-order valence-electron chi connectivity index (χ1n) is 7.79. The summed E-state index contributed by atoms with van der Waals surface area (Å²) >= 11 is 1.36. The van der Waals surface area contributed by atoms with E-state index in [-0.39, 0.29) is 25.2 Å². The number of imide groups is 1. The highest BCUT2D eigenvalue weighted by atomic mass is 32.1. The number of ketones is 1. The third kappa shape index (κ3) is 6.52. The van der Waals surface area contributed by atoms with Crippen LogP contribution in [0.4, 0.5) is 4.79 Å². The molecule has 2 N–H and O–H groups in total. The van der Waals surface area contributed by atoms with Crippen LogP contribution in [0.25, 0.3) is 0 Å². The molecule has 0 aliphatic carbocycles. The van der Waals surface area contributed by atoms with Crippen molar-refractivity contribution in [1.82, 2.24) is 10.6 Å². The molecule has 0 unspecified atom stereocenters. The van der Waals surface area contributed by atoms with E-state index in [1.165, 1.54) is 17.6 Å². The lowest BCUT2D eigenvalue weighted by atomic mass is 10.2. The van der Waals surface area contributed by atoms with Gasteiger partial charge in [0.2, 0.25) is 0 Å². The highest BCUT2D eigenvalue weighted by Crippen LogP contribution is 2.17. The van der Waals surface area contributed by atoms with Crippen molar-refractivity contribution in [2.75, 3.05) is 6.61 Å². The van der Waals surface area contributed by atoms with Crippen LogP contribution >= 0.6 is 11.3 Å². The number of thiophene rings is 1. The van der Waals surface area contributed by atoms with Gasteiger partial charge in [-0.3, -0.25) is 19.7 Å². The van der Waals surface area contributed by atoms with Gasteiger partial charge in [-0.1, -0.05) is 0 Å². The van der Waals surface area contributed by atoms with Crippen LogP contribution in [0.3, 0.4) is 0 Å². The summed E-state index contributed by atoms with van der Waals surface area (Å²) in [6.07, 6.45) is 1.33. The molecule has 0 aromatic carbocycles. The molecular formula is C17H18N2O6S. The number of amides is 3. The fraction of sp³-hybridized carbons (Fsp3) is 0.294. The molecule has 0 aliphatic rings. The van der Waals surface area contributed by atoms with Crippen LogP contribution in [-0.2, 0) is 20.9 Å². The van der Waals surface area contributed by atoms with Crippen LogP contribution < -0.4 is 10.6 Å². The zero-order valence-electron chi connectivity index (χ0n) is 14.1. The minimum absolute atomic E-state index is 0.00401. The summed E-state index contributed by atoms with van der Waals surface area (Å²) in [6, 6.07) is 6.15. The van der Waals surface area contributed by atoms with Gasteiger partial charge in [0, 0.05) is 11.3 Å². The second kappa shape index (κ2) is 9.52.